The van der Waals surface area contributed by atoms with Crippen molar-refractivity contribution in [3.63, 3.8) is 0 Å². The minimum Gasteiger partial charge on any atom is -0.484 e. The first-order valence-electron chi connectivity index (χ1n) is 15.6. The van der Waals surface area contributed by atoms with Gasteiger partial charge in [0.1, 0.15) is 17.5 Å². The average Bonchev–Trinajstić information content (AvgIpc) is 3.43. The molecule has 10 heteroatoms. The monoisotopic (exact) mass is 578 g/mol. The van der Waals surface area contributed by atoms with Crippen molar-refractivity contribution < 1.29 is 19.0 Å². The van der Waals surface area contributed by atoms with Gasteiger partial charge in [-0.15, -0.1) is 0 Å². The minimum absolute atomic E-state index is 0.0246. The second kappa shape index (κ2) is 12.6. The molecule has 8 atom stereocenters. The summed E-state index contributed by atoms with van der Waals surface area (Å²) in [6.45, 7) is 7.41. The highest BCUT2D eigenvalue weighted by Gasteiger charge is 2.54. The average molecular weight is 579 g/mol. The van der Waals surface area contributed by atoms with Crippen molar-refractivity contribution in [1.29, 1.82) is 5.26 Å². The van der Waals surface area contributed by atoms with Crippen LogP contribution in [0.3, 0.4) is 0 Å². The summed E-state index contributed by atoms with van der Waals surface area (Å²) in [7, 11) is 3.98. The van der Waals surface area contributed by atoms with Crippen LogP contribution in [0.25, 0.3) is 0 Å². The van der Waals surface area contributed by atoms with E-state index in [4.69, 9.17) is 14.2 Å². The number of nitrogens with one attached hydrogen (secondary N) is 2. The summed E-state index contributed by atoms with van der Waals surface area (Å²) < 4.78 is 19.5. The summed E-state index contributed by atoms with van der Waals surface area (Å²) in [5.41, 5.74) is 0.791. The van der Waals surface area contributed by atoms with Gasteiger partial charge in [0.2, 0.25) is 5.91 Å². The first kappa shape index (κ1) is 29.5. The Morgan fingerprint density at radius 2 is 2.10 bits per heavy atom. The summed E-state index contributed by atoms with van der Waals surface area (Å²) in [4.78, 5) is 19.2. The molecule has 1 amide bonds. The van der Waals surface area contributed by atoms with Crippen LogP contribution in [-0.4, -0.2) is 110 Å². The molecule has 1 aromatic rings. The number of nitrogens with zero attached hydrogens (tertiary/aromatic N) is 4. The number of likely N-dealkylation sites (tertiary alicyclic amines) is 1. The number of rotatable bonds is 7. The Morgan fingerprint density at radius 1 is 1.24 bits per heavy atom. The van der Waals surface area contributed by atoms with E-state index < -0.39 is 5.60 Å². The van der Waals surface area contributed by atoms with Crippen LogP contribution in [0.1, 0.15) is 44.1 Å². The number of ether oxygens (including phenoxy) is 3. The van der Waals surface area contributed by atoms with Gasteiger partial charge in [-0.3, -0.25) is 20.3 Å². The smallest absolute Gasteiger partial charge is 0.246 e. The molecule has 6 rings (SSSR count). The van der Waals surface area contributed by atoms with E-state index in [0.29, 0.717) is 38.1 Å². The molecule has 4 heterocycles. The second-order valence-corrected chi connectivity index (χ2v) is 12.7. The number of likely N-dealkylation sites (N-methyl/N-ethyl adjacent to an activating group) is 1. The van der Waals surface area contributed by atoms with Gasteiger partial charge in [-0.25, -0.2) is 0 Å². The summed E-state index contributed by atoms with van der Waals surface area (Å²) in [5, 5.41) is 17.2. The zero-order chi connectivity index (χ0) is 29.3. The van der Waals surface area contributed by atoms with E-state index >= 15 is 0 Å². The first-order valence-corrected chi connectivity index (χ1v) is 15.6. The van der Waals surface area contributed by atoms with Gasteiger partial charge < -0.3 is 24.0 Å². The lowest BCUT2D eigenvalue weighted by Gasteiger charge is -2.57. The van der Waals surface area contributed by atoms with Crippen molar-refractivity contribution in [2.45, 2.75) is 87.3 Å². The Morgan fingerprint density at radius 3 is 2.86 bits per heavy atom. The molecule has 0 bridgehead atoms. The van der Waals surface area contributed by atoms with Gasteiger partial charge in [-0.2, -0.15) is 5.26 Å². The van der Waals surface area contributed by atoms with Gasteiger partial charge >= 0.3 is 0 Å². The van der Waals surface area contributed by atoms with Crippen molar-refractivity contribution in [3.05, 3.63) is 42.5 Å². The molecular weight excluding hydrogens is 532 g/mol. The number of nitriles is 1. The molecule has 228 valence electrons. The Bertz CT molecular complexity index is 1180. The van der Waals surface area contributed by atoms with Crippen LogP contribution in [-0.2, 0) is 20.7 Å². The van der Waals surface area contributed by atoms with Crippen LogP contribution in [0.15, 0.2) is 36.9 Å². The van der Waals surface area contributed by atoms with Crippen molar-refractivity contribution in [1.82, 2.24) is 25.3 Å². The predicted octanol–water partition coefficient (Wildman–Crippen LogP) is 2.07. The number of carbonyl (C=O) groups excluding carboxylic acids is 1. The number of hydrogen-bond acceptors (Lipinski definition) is 9. The maximum atomic E-state index is 12.6. The SMILES string of the molecule is C=CC(=O)N1CCN(C2NC(OCC3CCCN3C)NC3C[C@]4(CCC32)Oc2ccccc2CC4OC)CC1CC#N. The lowest BCUT2D eigenvalue weighted by molar-refractivity contribution is -0.157. The number of methoxy groups -OCH3 is 1. The Kier molecular flexibility index (Phi) is 8.87. The molecule has 1 aliphatic carbocycles. The third kappa shape index (κ3) is 5.71. The van der Waals surface area contributed by atoms with Crippen LogP contribution in [0.4, 0.5) is 0 Å². The van der Waals surface area contributed by atoms with Crippen LogP contribution >= 0.6 is 0 Å². The third-order valence-corrected chi connectivity index (χ3v) is 10.5. The maximum Gasteiger partial charge on any atom is 0.246 e. The molecule has 42 heavy (non-hydrogen) atoms. The Hall–Kier alpha value is -2.52. The van der Waals surface area contributed by atoms with Gasteiger partial charge in [0.25, 0.3) is 0 Å². The van der Waals surface area contributed by atoms with Gasteiger partial charge in [-0.05, 0) is 57.0 Å². The Balaban J connectivity index is 1.24. The van der Waals surface area contributed by atoms with E-state index in [2.05, 4.69) is 58.3 Å². The van der Waals surface area contributed by atoms with Gasteiger partial charge in [-0.1, -0.05) is 24.8 Å². The fraction of sp³-hybridized carbons (Fsp3) is 0.688. The molecule has 0 radical (unpaired) electrons. The normalized spacial score (nSPS) is 37.0. The fourth-order valence-corrected chi connectivity index (χ4v) is 8.13. The molecule has 2 N–H and O–H groups in total. The summed E-state index contributed by atoms with van der Waals surface area (Å²) in [5.74, 6) is 1.18. The quantitative estimate of drug-likeness (QED) is 0.471. The van der Waals surface area contributed by atoms with Crippen molar-refractivity contribution in [2.75, 3.05) is 46.9 Å². The lowest BCUT2D eigenvalue weighted by Crippen LogP contribution is -2.74. The van der Waals surface area contributed by atoms with E-state index in [9.17, 15) is 10.1 Å². The highest BCUT2D eigenvalue weighted by molar-refractivity contribution is 5.87. The lowest BCUT2D eigenvalue weighted by atomic mass is 9.68. The van der Waals surface area contributed by atoms with Gasteiger partial charge in [0, 0.05) is 57.6 Å². The standard InChI is InChI=1S/C32H46N6O4/c1-4-29(39)38-17-16-37(20-23(38)12-14-33)30-25-11-13-32(28(40-3)18-22-8-5-6-10-27(22)42-32)19-26(25)34-31(35-30)41-21-24-9-7-15-36(24)2/h4-6,8,10,23-26,28,30-31,34-35H,1,7,9,11-13,15-21H2,2-3H3/t23?,24?,25?,26?,28?,30?,31?,32-/m0/s1. The zero-order valence-electron chi connectivity index (χ0n) is 25.0. The molecule has 5 aliphatic rings. The number of amides is 1. The molecule has 1 saturated carbocycles. The summed E-state index contributed by atoms with van der Waals surface area (Å²) in [6.07, 6.45) is 7.27. The molecule has 7 unspecified atom stereocenters. The van der Waals surface area contributed by atoms with E-state index in [1.165, 1.54) is 18.1 Å². The summed E-state index contributed by atoms with van der Waals surface area (Å²) in [6, 6.07) is 11.0. The first-order chi connectivity index (χ1) is 20.4. The number of hydrogen-bond donors (Lipinski definition) is 2. The van der Waals surface area contributed by atoms with Crippen molar-refractivity contribution in [2.24, 2.45) is 5.92 Å². The molecular formula is C32H46N6O4. The van der Waals surface area contributed by atoms with E-state index in [-0.39, 0.29) is 36.6 Å². The largest absolute Gasteiger partial charge is 0.484 e. The summed E-state index contributed by atoms with van der Waals surface area (Å²) >= 11 is 0. The van der Waals surface area contributed by atoms with Gasteiger partial charge in [0.05, 0.1) is 31.3 Å². The van der Waals surface area contributed by atoms with Crippen LogP contribution < -0.4 is 15.4 Å². The van der Waals surface area contributed by atoms with E-state index in [0.717, 1.165) is 50.9 Å². The van der Waals surface area contributed by atoms with Crippen molar-refractivity contribution >= 4 is 5.91 Å². The van der Waals surface area contributed by atoms with Crippen molar-refractivity contribution in [3.8, 4) is 11.8 Å². The zero-order valence-corrected chi connectivity index (χ0v) is 25.0. The minimum atomic E-state index is -0.409. The molecule has 10 nitrogen and oxygen atoms in total. The molecule has 0 aromatic heterocycles. The second-order valence-electron chi connectivity index (χ2n) is 12.7. The Labute approximate surface area is 249 Å². The molecule has 3 saturated heterocycles. The number of piperazine rings is 1. The number of para-hydroxylation sites is 1. The molecule has 4 fully saturated rings. The molecule has 1 aromatic carbocycles. The van der Waals surface area contributed by atoms with E-state index in [1.54, 1.807) is 7.11 Å². The van der Waals surface area contributed by atoms with E-state index in [1.807, 2.05) is 11.0 Å². The fourth-order valence-electron chi connectivity index (χ4n) is 8.13. The predicted molar refractivity (Wildman–Crippen MR) is 158 cm³/mol. The highest BCUT2D eigenvalue weighted by Crippen LogP contribution is 2.46. The molecule has 4 aliphatic heterocycles. The number of fused-ring (bicyclic) bond motifs is 2. The number of carbonyl (C=O) groups is 1. The van der Waals surface area contributed by atoms with Gasteiger partial charge in [0.15, 0.2) is 6.35 Å². The molecule has 1 spiro atoms. The number of benzene rings is 1. The highest BCUT2D eigenvalue weighted by atomic mass is 16.6. The maximum absolute atomic E-state index is 12.6. The topological polar surface area (TPSA) is 102 Å². The third-order valence-electron chi connectivity index (χ3n) is 10.5. The van der Waals surface area contributed by atoms with Crippen LogP contribution in [0, 0.1) is 17.2 Å². The van der Waals surface area contributed by atoms with Crippen LogP contribution in [0.5, 0.6) is 5.75 Å². The van der Waals surface area contributed by atoms with Crippen LogP contribution in [0.2, 0.25) is 0 Å².